The Morgan fingerprint density at radius 3 is 1.39 bits per heavy atom. The van der Waals surface area contributed by atoms with E-state index in [4.69, 9.17) is 0 Å². The molecule has 4 aromatic carbocycles. The van der Waals surface area contributed by atoms with Crippen molar-refractivity contribution in [2.24, 2.45) is 0 Å². The third-order valence-corrected chi connectivity index (χ3v) is 13.6. The van der Waals surface area contributed by atoms with Gasteiger partial charge in [-0.05, 0) is 59.2 Å². The van der Waals surface area contributed by atoms with Crippen LogP contribution in [-0.2, 0) is 58.8 Å². The Labute approximate surface area is 453 Å². The molecule has 6 N–H and O–H groups in total. The topological polar surface area (TPSA) is 311 Å². The molecule has 4 aromatic rings. The first-order chi connectivity index (χ1) is 37.3. The molecule has 2 aliphatic heterocycles. The second-order valence-corrected chi connectivity index (χ2v) is 19.8. The van der Waals surface area contributed by atoms with E-state index < -0.39 is 129 Å². The number of amides is 4. The summed E-state index contributed by atoms with van der Waals surface area (Å²) in [7, 11) is 0. The average molecular weight is 1090 g/mol. The largest absolute Gasteiger partial charge is 0.480 e. The Hall–Kier alpha value is -9.47. The zero-order chi connectivity index (χ0) is 57.9. The summed E-state index contributed by atoms with van der Waals surface area (Å²) in [5.74, 6) is -12.7. The number of rotatable bonds is 26. The molecule has 0 atom stereocenters. The predicted molar refractivity (Wildman–Crippen MR) is 288 cm³/mol. The van der Waals surface area contributed by atoms with Crippen molar-refractivity contribution in [2.75, 3.05) is 70.3 Å². The van der Waals surface area contributed by atoms with Gasteiger partial charge >= 0.3 is 35.8 Å². The molecule has 0 saturated carbocycles. The lowest BCUT2D eigenvalue weighted by molar-refractivity contribution is -0.436. The molecule has 0 aliphatic carbocycles. The van der Waals surface area contributed by atoms with Crippen LogP contribution in [0, 0.1) is 0 Å². The maximum atomic E-state index is 14.3. The number of carboxylic acid groups (broad SMARTS) is 6. The van der Waals surface area contributed by atoms with Gasteiger partial charge in [-0.1, -0.05) is 98.8 Å². The molecule has 0 spiro atoms. The smallest absolute Gasteiger partial charge is 0.323 e. The van der Waals surface area contributed by atoms with Gasteiger partial charge in [0.05, 0.1) is 11.8 Å². The molecule has 4 amide bonds. The summed E-state index contributed by atoms with van der Waals surface area (Å²) in [5, 5.41) is 60.3. The average Bonchev–Trinajstić information content (AvgIpc) is 3.93. The maximum absolute atomic E-state index is 14.3. The van der Waals surface area contributed by atoms with Gasteiger partial charge in [-0.15, -0.1) is 0 Å². The lowest BCUT2D eigenvalue weighted by atomic mass is 9.79. The Morgan fingerprint density at radius 1 is 0.468 bits per heavy atom. The van der Waals surface area contributed by atoms with E-state index in [1.807, 2.05) is 120 Å². The highest BCUT2D eigenvalue weighted by Crippen LogP contribution is 2.51. The number of carboxylic acids is 6. The normalized spacial score (nSPS) is 14.7. The van der Waals surface area contributed by atoms with Crippen molar-refractivity contribution < 1.29 is 83.2 Å². The van der Waals surface area contributed by atoms with Crippen LogP contribution in [0.1, 0.15) is 51.7 Å². The zero-order valence-electron chi connectivity index (χ0n) is 43.9. The van der Waals surface area contributed by atoms with Gasteiger partial charge in [0.2, 0.25) is 29.3 Å². The number of hydrogen-bond donors (Lipinski definition) is 6. The first kappa shape index (κ1) is 58.8. The summed E-state index contributed by atoms with van der Waals surface area (Å²) in [5.41, 5.74) is 3.81. The van der Waals surface area contributed by atoms with Crippen molar-refractivity contribution >= 4 is 98.1 Å². The van der Waals surface area contributed by atoms with E-state index in [-0.39, 0.29) is 19.5 Å². The van der Waals surface area contributed by atoms with E-state index in [1.54, 1.807) is 18.2 Å². The molecule has 0 radical (unpaired) electrons. The Balaban J connectivity index is 1.31. The molecule has 6 rings (SSSR count). The first-order valence-electron chi connectivity index (χ1n) is 24.9. The molecule has 22 nitrogen and oxygen atoms in total. The van der Waals surface area contributed by atoms with Crippen LogP contribution >= 0.6 is 0 Å². The number of benzene rings is 4. The van der Waals surface area contributed by atoms with E-state index in [9.17, 15) is 78.6 Å². The van der Waals surface area contributed by atoms with E-state index in [2.05, 4.69) is 13.8 Å². The Bertz CT molecular complexity index is 3200. The minimum atomic E-state index is -1.56. The lowest BCUT2D eigenvalue weighted by Gasteiger charge is -2.28. The molecule has 0 fully saturated rings. The fraction of sp³-hybridized carbons (Fsp3) is 0.316. The van der Waals surface area contributed by atoms with Gasteiger partial charge in [0.15, 0.2) is 12.3 Å². The van der Waals surface area contributed by atoms with Gasteiger partial charge in [-0.25, -0.2) is 0 Å². The van der Waals surface area contributed by atoms with Crippen molar-refractivity contribution in [1.29, 1.82) is 0 Å². The van der Waals surface area contributed by atoms with E-state index in [1.165, 1.54) is 0 Å². The predicted octanol–water partition coefficient (Wildman–Crippen LogP) is 4.32. The van der Waals surface area contributed by atoms with E-state index in [0.29, 0.717) is 14.7 Å². The molecule has 0 bridgehead atoms. The van der Waals surface area contributed by atoms with Gasteiger partial charge in [-0.3, -0.25) is 47.9 Å². The van der Waals surface area contributed by atoms with Gasteiger partial charge in [0.25, 0.3) is 0 Å². The second kappa shape index (κ2) is 25.1. The summed E-state index contributed by atoms with van der Waals surface area (Å²) in [6, 6.07) is 23.4. The van der Waals surface area contributed by atoms with Crippen molar-refractivity contribution in [3.8, 4) is 0 Å². The third kappa shape index (κ3) is 14.1. The standard InChI is InChI=1S/C57H60N6O16/c1-56(2)42(18-8-6-5-7-9-19-43-57(3,4)55-39-17-13-11-15-37(39)21-23-41(55)63(43)27-25-45(65)59(30-48(68)69)31-49(70)71)62(40-22-20-36-14-10-12-16-38(36)54(40)56)26-24-44(64)58(28-46(66)60(32-50(72)73)33-51(74)75)29-47(67)61(34-52(76)77)35-53(78)79/h5-23H,24-35H2,1-4H3,(H5-,68,69,70,71,72,73,74,75,76,77,78,79)/p+1. The highest BCUT2D eigenvalue weighted by Gasteiger charge is 2.46. The summed E-state index contributed by atoms with van der Waals surface area (Å²) in [6.45, 7) is 0.445. The van der Waals surface area contributed by atoms with E-state index in [0.717, 1.165) is 60.4 Å². The maximum Gasteiger partial charge on any atom is 0.323 e. The molecule has 0 unspecified atom stereocenters. The molecule has 0 saturated heterocycles. The molecule has 79 heavy (non-hydrogen) atoms. The second-order valence-electron chi connectivity index (χ2n) is 19.8. The quantitative estimate of drug-likeness (QED) is 0.0377. The number of allylic oxidation sites excluding steroid dienone is 8. The Morgan fingerprint density at radius 2 is 0.886 bits per heavy atom. The lowest BCUT2D eigenvalue weighted by Crippen LogP contribution is -2.51. The minimum Gasteiger partial charge on any atom is -0.480 e. The van der Waals surface area contributed by atoms with Crippen LogP contribution in [0.5, 0.6) is 0 Å². The molecule has 2 heterocycles. The number of carbonyl (C=O) groups excluding carboxylic acids is 4. The molecule has 0 aromatic heterocycles. The molecule has 22 heteroatoms. The minimum absolute atomic E-state index is 0.0576. The fourth-order valence-corrected chi connectivity index (χ4v) is 10.2. The SMILES string of the molecule is CC1(C)C(=CC=CC=CC=CC2=[N+](CCC(=O)N(CC(=O)N(CC(=O)O)CC(=O)O)CC(=O)N(CC(=O)O)CC(=O)O)c3ccc4ccccc4c3C2(C)C)N(CCC(=O)N(CC(=O)O)CC(=O)O)c2ccc3ccccc3c21. The van der Waals surface area contributed by atoms with Crippen LogP contribution in [0.15, 0.2) is 121 Å². The van der Waals surface area contributed by atoms with Gasteiger partial charge in [0, 0.05) is 47.5 Å². The van der Waals surface area contributed by atoms with Crippen molar-refractivity contribution in [3.63, 3.8) is 0 Å². The van der Waals surface area contributed by atoms with Gasteiger partial charge < -0.3 is 55.1 Å². The highest BCUT2D eigenvalue weighted by molar-refractivity contribution is 6.08. The first-order valence-corrected chi connectivity index (χ1v) is 24.9. The number of anilines is 1. The van der Waals surface area contributed by atoms with Gasteiger partial charge in [0.1, 0.15) is 52.4 Å². The summed E-state index contributed by atoms with van der Waals surface area (Å²) in [4.78, 5) is 128. The van der Waals surface area contributed by atoms with Crippen LogP contribution in [-0.4, -0.2) is 185 Å². The zero-order valence-corrected chi connectivity index (χ0v) is 43.9. The Kier molecular flexibility index (Phi) is 18.7. The number of carbonyl (C=O) groups is 10. The van der Waals surface area contributed by atoms with E-state index >= 15 is 0 Å². The van der Waals surface area contributed by atoms with Crippen molar-refractivity contribution in [3.05, 3.63) is 132 Å². The summed E-state index contributed by atoms with van der Waals surface area (Å²) in [6.07, 6.45) is 12.3. The van der Waals surface area contributed by atoms with Crippen LogP contribution in [0.3, 0.4) is 0 Å². The highest BCUT2D eigenvalue weighted by atomic mass is 16.4. The number of nitrogens with zero attached hydrogens (tertiary/aromatic N) is 6. The fourth-order valence-electron chi connectivity index (χ4n) is 10.2. The number of fused-ring (bicyclic) bond motifs is 6. The molecular weight excluding hydrogens is 1020 g/mol. The van der Waals surface area contributed by atoms with Crippen molar-refractivity contribution in [1.82, 2.24) is 19.6 Å². The van der Waals surface area contributed by atoms with Gasteiger partial charge in [-0.2, -0.15) is 4.58 Å². The molecule has 2 aliphatic rings. The molecule has 414 valence electrons. The molecular formula is C57H61N6O16+. The monoisotopic (exact) mass is 1090 g/mol. The van der Waals surface area contributed by atoms with Crippen LogP contribution < -0.4 is 4.90 Å². The summed E-state index contributed by atoms with van der Waals surface area (Å²) >= 11 is 0. The summed E-state index contributed by atoms with van der Waals surface area (Å²) < 4.78 is 1.90. The van der Waals surface area contributed by atoms with Crippen LogP contribution in [0.25, 0.3) is 21.5 Å². The van der Waals surface area contributed by atoms with Crippen LogP contribution in [0.2, 0.25) is 0 Å². The number of aliphatic carboxylic acids is 6. The third-order valence-electron chi connectivity index (χ3n) is 13.6. The number of hydrogen-bond acceptors (Lipinski definition) is 11. The van der Waals surface area contributed by atoms with Crippen molar-refractivity contribution in [2.45, 2.75) is 51.4 Å². The van der Waals surface area contributed by atoms with Crippen LogP contribution in [0.4, 0.5) is 11.4 Å².